The van der Waals surface area contributed by atoms with E-state index in [1.54, 1.807) is 13.0 Å². The number of hydrogen-bond donors (Lipinski definition) is 2. The van der Waals surface area contributed by atoms with Crippen LogP contribution in [-0.4, -0.2) is 51.9 Å². The van der Waals surface area contributed by atoms with Crippen LogP contribution >= 0.6 is 0 Å². The number of nitro benzene ring substituents is 1. The van der Waals surface area contributed by atoms with Crippen molar-refractivity contribution in [2.45, 2.75) is 19.8 Å². The largest absolute Gasteiger partial charge is 0.466 e. The highest BCUT2D eigenvalue weighted by molar-refractivity contribution is 5.98. The number of anilines is 1. The Morgan fingerprint density at radius 1 is 1.36 bits per heavy atom. The highest BCUT2D eigenvalue weighted by atomic mass is 16.6. The maximum absolute atomic E-state index is 11.9. The summed E-state index contributed by atoms with van der Waals surface area (Å²) in [5.41, 5.74) is 6.30. The van der Waals surface area contributed by atoms with Gasteiger partial charge in [-0.15, -0.1) is 0 Å². The number of benzene rings is 1. The fraction of sp³-hybridized carbons (Fsp3) is 0.412. The normalized spacial score (nSPS) is 14.7. The van der Waals surface area contributed by atoms with Gasteiger partial charge in [0.2, 0.25) is 0 Å². The molecular formula is C17H20N6O5. The molecule has 1 aliphatic rings. The second-order valence-electron chi connectivity index (χ2n) is 6.36. The Balaban J connectivity index is 1.93. The molecule has 3 rings (SSSR count). The molecule has 2 heterocycles. The molecule has 2 aromatic rings. The number of nitrogens with one attached hydrogen (secondary N) is 1. The van der Waals surface area contributed by atoms with Crippen LogP contribution in [0.25, 0.3) is 11.3 Å². The van der Waals surface area contributed by atoms with Crippen LogP contribution in [0, 0.1) is 16.0 Å². The maximum atomic E-state index is 11.9. The number of carbonyl (C=O) groups excluding carboxylic acids is 2. The number of H-pyrrole nitrogens is 1. The van der Waals surface area contributed by atoms with Crippen molar-refractivity contribution in [1.82, 2.24) is 15.4 Å². The highest BCUT2D eigenvalue weighted by Gasteiger charge is 2.29. The third-order valence-electron chi connectivity index (χ3n) is 4.68. The number of nitrogens with zero attached hydrogens (tertiary/aromatic N) is 4. The topological polar surface area (TPSA) is 157 Å². The van der Waals surface area contributed by atoms with E-state index >= 15 is 0 Å². The van der Waals surface area contributed by atoms with Crippen molar-refractivity contribution in [2.24, 2.45) is 11.7 Å². The molecule has 0 bridgehead atoms. The minimum absolute atomic E-state index is 0.0943. The van der Waals surface area contributed by atoms with Gasteiger partial charge in [0, 0.05) is 36.5 Å². The van der Waals surface area contributed by atoms with E-state index in [1.165, 1.54) is 12.1 Å². The summed E-state index contributed by atoms with van der Waals surface area (Å²) in [6.07, 6.45) is 1.19. The van der Waals surface area contributed by atoms with Crippen molar-refractivity contribution in [3.63, 3.8) is 0 Å². The number of nitro groups is 1. The number of primary amides is 1. The minimum Gasteiger partial charge on any atom is -0.466 e. The van der Waals surface area contributed by atoms with Gasteiger partial charge in [0.25, 0.3) is 11.6 Å². The monoisotopic (exact) mass is 388 g/mol. The number of esters is 1. The number of carbonyl (C=O) groups is 2. The third-order valence-corrected chi connectivity index (χ3v) is 4.68. The van der Waals surface area contributed by atoms with Crippen molar-refractivity contribution < 1.29 is 19.2 Å². The van der Waals surface area contributed by atoms with E-state index < -0.39 is 10.8 Å². The molecule has 0 saturated carbocycles. The Bertz CT molecular complexity index is 903. The number of non-ortho nitro benzene ring substituents is 1. The second kappa shape index (κ2) is 8.03. The Hall–Kier alpha value is -3.50. The molecule has 1 amide bonds. The predicted octanol–water partition coefficient (Wildman–Crippen LogP) is 1.26. The summed E-state index contributed by atoms with van der Waals surface area (Å²) in [6, 6.07) is 4.34. The Morgan fingerprint density at radius 3 is 2.68 bits per heavy atom. The van der Waals surface area contributed by atoms with E-state index in [0.717, 1.165) is 0 Å². The molecule has 11 heteroatoms. The van der Waals surface area contributed by atoms with Gasteiger partial charge >= 0.3 is 5.97 Å². The summed E-state index contributed by atoms with van der Waals surface area (Å²) in [6.45, 7) is 3.22. The minimum atomic E-state index is -0.790. The lowest BCUT2D eigenvalue weighted by molar-refractivity contribution is -0.384. The summed E-state index contributed by atoms with van der Waals surface area (Å²) < 4.78 is 5.08. The summed E-state index contributed by atoms with van der Waals surface area (Å²) in [4.78, 5) is 36.3. The van der Waals surface area contributed by atoms with Crippen LogP contribution in [0.1, 0.15) is 30.3 Å². The van der Waals surface area contributed by atoms with E-state index in [0.29, 0.717) is 43.8 Å². The molecule has 0 atom stereocenters. The lowest BCUT2D eigenvalue weighted by atomic mass is 9.95. The molecule has 28 heavy (non-hydrogen) atoms. The Kier molecular flexibility index (Phi) is 5.52. The molecule has 1 fully saturated rings. The average Bonchev–Trinajstić information content (AvgIpc) is 3.18. The van der Waals surface area contributed by atoms with Crippen LogP contribution in [0.15, 0.2) is 18.2 Å². The number of aromatic amines is 1. The molecule has 1 saturated heterocycles. The standard InChI is InChI=1S/C17H20N6O5/c1-2-28-17(25)10-5-7-22(8-6-10)13-4-3-11(23(26)27)9-12(13)14-15(16(18)24)20-21-19-14/h3-4,9-10H,2,5-8H2,1H3,(H2,18,24)(H,19,20,21). The van der Waals surface area contributed by atoms with Gasteiger partial charge in [0.1, 0.15) is 5.69 Å². The molecule has 11 nitrogen and oxygen atoms in total. The fourth-order valence-corrected chi connectivity index (χ4v) is 3.31. The second-order valence-corrected chi connectivity index (χ2v) is 6.36. The van der Waals surface area contributed by atoms with Gasteiger partial charge in [0.15, 0.2) is 5.69 Å². The van der Waals surface area contributed by atoms with Gasteiger partial charge in [0.05, 0.1) is 17.4 Å². The maximum Gasteiger partial charge on any atom is 0.309 e. The first-order chi connectivity index (χ1) is 13.4. The van der Waals surface area contributed by atoms with Crippen molar-refractivity contribution in [3.8, 4) is 11.3 Å². The Morgan fingerprint density at radius 2 is 2.07 bits per heavy atom. The van der Waals surface area contributed by atoms with Crippen molar-refractivity contribution in [1.29, 1.82) is 0 Å². The zero-order valence-corrected chi connectivity index (χ0v) is 15.3. The number of nitrogens with two attached hydrogens (primary N) is 1. The first-order valence-corrected chi connectivity index (χ1v) is 8.83. The van der Waals surface area contributed by atoms with E-state index in [-0.39, 0.29) is 29.0 Å². The molecule has 148 valence electrons. The lowest BCUT2D eigenvalue weighted by Gasteiger charge is -2.33. The van der Waals surface area contributed by atoms with Crippen LogP contribution in [0.4, 0.5) is 11.4 Å². The average molecular weight is 388 g/mol. The number of piperidine rings is 1. The molecule has 3 N–H and O–H groups in total. The molecule has 1 aromatic carbocycles. The summed E-state index contributed by atoms with van der Waals surface area (Å²) in [5.74, 6) is -1.17. The molecule has 0 spiro atoms. The number of hydrogen-bond acceptors (Lipinski definition) is 8. The van der Waals surface area contributed by atoms with Crippen LogP contribution in [-0.2, 0) is 9.53 Å². The smallest absolute Gasteiger partial charge is 0.309 e. The van der Waals surface area contributed by atoms with Gasteiger partial charge in [-0.3, -0.25) is 19.7 Å². The van der Waals surface area contributed by atoms with Gasteiger partial charge < -0.3 is 15.4 Å². The zero-order valence-electron chi connectivity index (χ0n) is 15.3. The first-order valence-electron chi connectivity index (χ1n) is 8.83. The number of ether oxygens (including phenoxy) is 1. The fourth-order valence-electron chi connectivity index (χ4n) is 3.31. The quantitative estimate of drug-likeness (QED) is 0.425. The number of amides is 1. The van der Waals surface area contributed by atoms with Crippen LogP contribution in [0.5, 0.6) is 0 Å². The number of rotatable bonds is 6. The van der Waals surface area contributed by atoms with Crippen molar-refractivity contribution >= 4 is 23.3 Å². The van der Waals surface area contributed by atoms with Gasteiger partial charge in [-0.1, -0.05) is 0 Å². The predicted molar refractivity (Wildman–Crippen MR) is 98.6 cm³/mol. The molecule has 1 aromatic heterocycles. The zero-order chi connectivity index (χ0) is 20.3. The SMILES string of the molecule is CCOC(=O)C1CCN(c2ccc([N+](=O)[O-])cc2-c2n[nH]nc2C(N)=O)CC1. The summed E-state index contributed by atoms with van der Waals surface area (Å²) in [5, 5.41) is 21.3. The van der Waals surface area contributed by atoms with Gasteiger partial charge in [-0.25, -0.2) is 0 Å². The van der Waals surface area contributed by atoms with Crippen molar-refractivity contribution in [2.75, 3.05) is 24.6 Å². The van der Waals surface area contributed by atoms with Crippen LogP contribution < -0.4 is 10.6 Å². The lowest BCUT2D eigenvalue weighted by Crippen LogP contribution is -2.37. The molecule has 0 radical (unpaired) electrons. The van der Waals surface area contributed by atoms with E-state index in [1.807, 2.05) is 4.90 Å². The summed E-state index contributed by atoms with van der Waals surface area (Å²) >= 11 is 0. The van der Waals surface area contributed by atoms with Gasteiger partial charge in [-0.2, -0.15) is 15.4 Å². The van der Waals surface area contributed by atoms with E-state index in [9.17, 15) is 19.7 Å². The molecular weight excluding hydrogens is 368 g/mol. The molecule has 0 aliphatic carbocycles. The number of aromatic nitrogens is 3. The van der Waals surface area contributed by atoms with E-state index in [4.69, 9.17) is 10.5 Å². The van der Waals surface area contributed by atoms with Crippen molar-refractivity contribution in [3.05, 3.63) is 34.0 Å². The first kappa shape index (κ1) is 19.3. The van der Waals surface area contributed by atoms with Crippen LogP contribution in [0.3, 0.4) is 0 Å². The summed E-state index contributed by atoms with van der Waals surface area (Å²) in [7, 11) is 0. The molecule has 1 aliphatic heterocycles. The molecule has 0 unspecified atom stereocenters. The van der Waals surface area contributed by atoms with Crippen LogP contribution in [0.2, 0.25) is 0 Å². The Labute approximate surface area is 160 Å². The highest BCUT2D eigenvalue weighted by Crippen LogP contribution is 2.36. The third kappa shape index (κ3) is 3.77. The van der Waals surface area contributed by atoms with E-state index in [2.05, 4.69) is 15.4 Å². The van der Waals surface area contributed by atoms with Gasteiger partial charge in [-0.05, 0) is 25.8 Å².